The van der Waals surface area contributed by atoms with Gasteiger partial charge in [-0.1, -0.05) is 17.7 Å². The van der Waals surface area contributed by atoms with Crippen LogP contribution in [0.4, 0.5) is 5.69 Å². The molecule has 1 aliphatic heterocycles. The molecule has 0 aromatic heterocycles. The molecule has 5 heteroatoms. The number of hydrogen-bond acceptors (Lipinski definition) is 4. The Morgan fingerprint density at radius 1 is 1.50 bits per heavy atom. The molecule has 2 rings (SSSR count). The summed E-state index contributed by atoms with van der Waals surface area (Å²) in [7, 11) is 1.69. The zero-order chi connectivity index (χ0) is 14.4. The molecule has 0 bridgehead atoms. The Bertz CT molecular complexity index is 428. The zero-order valence-corrected chi connectivity index (χ0v) is 12.7. The van der Waals surface area contributed by atoms with Crippen LogP contribution >= 0.6 is 11.6 Å². The summed E-state index contributed by atoms with van der Waals surface area (Å²) in [5.41, 5.74) is 2.18. The molecule has 1 aromatic carbocycles. The maximum Gasteiger partial charge on any atom is 0.0715 e. The van der Waals surface area contributed by atoms with Crippen molar-refractivity contribution in [1.29, 1.82) is 0 Å². The second-order valence-corrected chi connectivity index (χ2v) is 5.59. The van der Waals surface area contributed by atoms with Gasteiger partial charge in [-0.2, -0.15) is 0 Å². The van der Waals surface area contributed by atoms with E-state index in [0.717, 1.165) is 48.7 Å². The average molecular weight is 299 g/mol. The van der Waals surface area contributed by atoms with E-state index in [1.165, 1.54) is 0 Å². The lowest BCUT2D eigenvalue weighted by Crippen LogP contribution is -2.38. The summed E-state index contributed by atoms with van der Waals surface area (Å²) >= 11 is 6.34. The summed E-state index contributed by atoms with van der Waals surface area (Å²) in [6.07, 6.45) is 1.70. The van der Waals surface area contributed by atoms with Crippen LogP contribution < -0.4 is 10.2 Å². The number of β-amino-alcohol motifs (C(OH)–C–C–N with tert-alkyl or cyclic N) is 1. The summed E-state index contributed by atoms with van der Waals surface area (Å²) in [6, 6.07) is 6.13. The maximum atomic E-state index is 9.73. The molecule has 2 N–H and O–H groups in total. The molecule has 0 amide bonds. The highest BCUT2D eigenvalue weighted by Crippen LogP contribution is 2.26. The minimum Gasteiger partial charge on any atom is -0.391 e. The molecule has 1 atom stereocenters. The minimum atomic E-state index is -0.224. The second-order valence-electron chi connectivity index (χ2n) is 5.19. The number of piperidine rings is 1. The lowest BCUT2D eigenvalue weighted by atomic mass is 10.1. The highest BCUT2D eigenvalue weighted by molar-refractivity contribution is 6.31. The smallest absolute Gasteiger partial charge is 0.0715 e. The van der Waals surface area contributed by atoms with Gasteiger partial charge >= 0.3 is 0 Å². The molecule has 0 spiro atoms. The van der Waals surface area contributed by atoms with Gasteiger partial charge in [0.2, 0.25) is 0 Å². The monoisotopic (exact) mass is 298 g/mol. The molecule has 1 fully saturated rings. The second kappa shape index (κ2) is 7.84. The van der Waals surface area contributed by atoms with Gasteiger partial charge < -0.3 is 20.1 Å². The molecule has 112 valence electrons. The predicted octanol–water partition coefficient (Wildman–Crippen LogP) is 2.04. The third-order valence-corrected chi connectivity index (χ3v) is 3.95. The van der Waals surface area contributed by atoms with E-state index < -0.39 is 0 Å². The predicted molar refractivity (Wildman–Crippen MR) is 82.5 cm³/mol. The minimum absolute atomic E-state index is 0.224. The molecule has 1 unspecified atom stereocenters. The Morgan fingerprint density at radius 3 is 3.05 bits per heavy atom. The summed E-state index contributed by atoms with van der Waals surface area (Å²) in [6.45, 7) is 3.93. The highest BCUT2D eigenvalue weighted by Gasteiger charge is 2.18. The quantitative estimate of drug-likeness (QED) is 0.789. The van der Waals surface area contributed by atoms with Crippen molar-refractivity contribution in [1.82, 2.24) is 5.32 Å². The maximum absolute atomic E-state index is 9.73. The van der Waals surface area contributed by atoms with Gasteiger partial charge in [0, 0.05) is 44.0 Å². The largest absolute Gasteiger partial charge is 0.391 e. The molecule has 1 saturated heterocycles. The summed E-state index contributed by atoms with van der Waals surface area (Å²) in [4.78, 5) is 2.20. The molecule has 1 heterocycles. The SMILES string of the molecule is COCCNCc1ccc(N2CCCC(O)C2)cc1Cl. The van der Waals surface area contributed by atoms with Crippen LogP contribution in [0.3, 0.4) is 0 Å². The summed E-state index contributed by atoms with van der Waals surface area (Å²) in [5, 5.41) is 13.8. The number of aliphatic hydroxyl groups excluding tert-OH is 1. The number of rotatable bonds is 6. The first kappa shape index (κ1) is 15.6. The molecule has 0 aliphatic carbocycles. The van der Waals surface area contributed by atoms with Gasteiger partial charge in [-0.25, -0.2) is 0 Å². The molecule has 1 aromatic rings. The van der Waals surface area contributed by atoms with Gasteiger partial charge in [0.15, 0.2) is 0 Å². The van der Waals surface area contributed by atoms with Crippen LogP contribution in [0.15, 0.2) is 18.2 Å². The van der Waals surface area contributed by atoms with Gasteiger partial charge in [-0.15, -0.1) is 0 Å². The molecular formula is C15H23ClN2O2. The lowest BCUT2D eigenvalue weighted by Gasteiger charge is -2.32. The third kappa shape index (κ3) is 4.35. The van der Waals surface area contributed by atoms with Crippen LogP contribution in [0.1, 0.15) is 18.4 Å². The number of hydrogen-bond donors (Lipinski definition) is 2. The Labute approximate surface area is 125 Å². The average Bonchev–Trinajstić information content (AvgIpc) is 2.45. The third-order valence-electron chi connectivity index (χ3n) is 3.60. The number of nitrogens with zero attached hydrogens (tertiary/aromatic N) is 1. The summed E-state index contributed by atoms with van der Waals surface area (Å²) < 4.78 is 4.99. The first-order chi connectivity index (χ1) is 9.70. The van der Waals surface area contributed by atoms with Gasteiger partial charge in [-0.3, -0.25) is 0 Å². The van der Waals surface area contributed by atoms with Crippen molar-refractivity contribution in [3.05, 3.63) is 28.8 Å². The van der Waals surface area contributed by atoms with Crippen molar-refractivity contribution < 1.29 is 9.84 Å². The fraction of sp³-hybridized carbons (Fsp3) is 0.600. The van der Waals surface area contributed by atoms with Crippen molar-refractivity contribution in [3.63, 3.8) is 0 Å². The topological polar surface area (TPSA) is 44.7 Å². The fourth-order valence-electron chi connectivity index (χ4n) is 2.46. The van der Waals surface area contributed by atoms with Crippen LogP contribution in [0, 0.1) is 0 Å². The van der Waals surface area contributed by atoms with E-state index in [2.05, 4.69) is 22.3 Å². The van der Waals surface area contributed by atoms with Crippen LogP contribution in [0.5, 0.6) is 0 Å². The Balaban J connectivity index is 1.94. The number of ether oxygens (including phenoxy) is 1. The fourth-order valence-corrected chi connectivity index (χ4v) is 2.70. The normalized spacial score (nSPS) is 19.4. The van der Waals surface area contributed by atoms with Crippen LogP contribution in [0.25, 0.3) is 0 Å². The number of anilines is 1. The van der Waals surface area contributed by atoms with E-state index in [-0.39, 0.29) is 6.10 Å². The van der Waals surface area contributed by atoms with Crippen molar-refractivity contribution in [2.75, 3.05) is 38.3 Å². The number of halogens is 1. The molecule has 4 nitrogen and oxygen atoms in total. The van der Waals surface area contributed by atoms with E-state index >= 15 is 0 Å². The Kier molecular flexibility index (Phi) is 6.10. The first-order valence-electron chi connectivity index (χ1n) is 7.12. The molecule has 0 saturated carbocycles. The zero-order valence-electron chi connectivity index (χ0n) is 11.9. The first-order valence-corrected chi connectivity index (χ1v) is 7.49. The van der Waals surface area contributed by atoms with Gasteiger partial charge in [-0.05, 0) is 30.5 Å². The van der Waals surface area contributed by atoms with Crippen molar-refractivity contribution in [3.8, 4) is 0 Å². The van der Waals surface area contributed by atoms with Crippen molar-refractivity contribution in [2.24, 2.45) is 0 Å². The van der Waals surface area contributed by atoms with Crippen LogP contribution in [-0.2, 0) is 11.3 Å². The number of aliphatic hydroxyl groups is 1. The summed E-state index contributed by atoms with van der Waals surface area (Å²) in [5.74, 6) is 0. The molecule has 1 aliphatic rings. The Morgan fingerprint density at radius 2 is 2.35 bits per heavy atom. The number of benzene rings is 1. The van der Waals surface area contributed by atoms with Gasteiger partial charge in [0.05, 0.1) is 12.7 Å². The number of nitrogens with one attached hydrogen (secondary N) is 1. The molecule has 0 radical (unpaired) electrons. The molecular weight excluding hydrogens is 276 g/mol. The van der Waals surface area contributed by atoms with Crippen molar-refractivity contribution >= 4 is 17.3 Å². The standard InChI is InChI=1S/C15H23ClN2O2/c1-20-8-6-17-10-12-4-5-13(9-15(12)16)18-7-2-3-14(19)11-18/h4-5,9,14,17,19H,2-3,6-8,10-11H2,1H3. The van der Waals surface area contributed by atoms with E-state index in [4.69, 9.17) is 16.3 Å². The van der Waals surface area contributed by atoms with E-state index in [1.807, 2.05) is 6.07 Å². The van der Waals surface area contributed by atoms with E-state index in [9.17, 15) is 5.11 Å². The Hall–Kier alpha value is -0.810. The van der Waals surface area contributed by atoms with E-state index in [0.29, 0.717) is 13.2 Å². The van der Waals surface area contributed by atoms with Crippen LogP contribution in [-0.4, -0.2) is 44.6 Å². The van der Waals surface area contributed by atoms with Gasteiger partial charge in [0.1, 0.15) is 0 Å². The number of methoxy groups -OCH3 is 1. The highest BCUT2D eigenvalue weighted by atomic mass is 35.5. The van der Waals surface area contributed by atoms with E-state index in [1.54, 1.807) is 7.11 Å². The lowest BCUT2D eigenvalue weighted by molar-refractivity contribution is 0.154. The molecule has 20 heavy (non-hydrogen) atoms. The van der Waals surface area contributed by atoms with Crippen LogP contribution in [0.2, 0.25) is 5.02 Å². The van der Waals surface area contributed by atoms with Crippen molar-refractivity contribution in [2.45, 2.75) is 25.5 Å². The van der Waals surface area contributed by atoms with Gasteiger partial charge in [0.25, 0.3) is 0 Å².